The number of carbonyl (C=O) groups is 1. The van der Waals surface area contributed by atoms with Crippen molar-refractivity contribution in [1.82, 2.24) is 4.90 Å². The second kappa shape index (κ2) is 7.05. The molecule has 2 N–H and O–H groups in total. The average molecular weight is 324 g/mol. The number of carbonyl (C=O) groups excluding carboxylic acids is 1. The summed E-state index contributed by atoms with van der Waals surface area (Å²) in [6, 6.07) is 16.0. The molecule has 0 radical (unpaired) electrons. The van der Waals surface area contributed by atoms with Crippen molar-refractivity contribution >= 4 is 5.91 Å². The Morgan fingerprint density at radius 3 is 2.42 bits per heavy atom. The van der Waals surface area contributed by atoms with Crippen LogP contribution in [0.25, 0.3) is 0 Å². The van der Waals surface area contributed by atoms with E-state index in [1.54, 1.807) is 7.11 Å². The Morgan fingerprint density at radius 1 is 1.17 bits per heavy atom. The number of nitrogens with two attached hydrogens (primary N) is 1. The first-order valence-corrected chi connectivity index (χ1v) is 8.36. The highest BCUT2D eigenvalue weighted by Crippen LogP contribution is 2.33. The van der Waals surface area contributed by atoms with E-state index in [0.717, 1.165) is 29.8 Å². The van der Waals surface area contributed by atoms with Crippen molar-refractivity contribution in [2.45, 2.75) is 31.8 Å². The molecule has 4 heteroatoms. The molecule has 0 spiro atoms. The molecular formula is C20H24N2O2. The van der Waals surface area contributed by atoms with Crippen LogP contribution in [0.15, 0.2) is 48.5 Å². The fourth-order valence-corrected chi connectivity index (χ4v) is 3.38. The van der Waals surface area contributed by atoms with Crippen molar-refractivity contribution in [1.29, 1.82) is 0 Å². The zero-order chi connectivity index (χ0) is 17.1. The average Bonchev–Trinajstić information content (AvgIpc) is 3.03. The maximum atomic E-state index is 12.8. The fourth-order valence-electron chi connectivity index (χ4n) is 3.38. The molecule has 3 rings (SSSR count). The summed E-state index contributed by atoms with van der Waals surface area (Å²) in [5, 5.41) is 0. The molecule has 24 heavy (non-hydrogen) atoms. The number of nitrogens with zero attached hydrogens (tertiary/aromatic N) is 1. The van der Waals surface area contributed by atoms with Crippen molar-refractivity contribution in [2.75, 3.05) is 13.7 Å². The minimum Gasteiger partial charge on any atom is -0.497 e. The van der Waals surface area contributed by atoms with Crippen LogP contribution >= 0.6 is 0 Å². The monoisotopic (exact) mass is 324 g/mol. The zero-order valence-electron chi connectivity index (χ0n) is 14.2. The Balaban J connectivity index is 1.73. The number of benzene rings is 2. The van der Waals surface area contributed by atoms with E-state index < -0.39 is 0 Å². The van der Waals surface area contributed by atoms with Gasteiger partial charge in [0.05, 0.1) is 7.11 Å². The van der Waals surface area contributed by atoms with Crippen molar-refractivity contribution in [2.24, 2.45) is 5.73 Å². The van der Waals surface area contributed by atoms with E-state index in [9.17, 15) is 4.79 Å². The first-order chi connectivity index (χ1) is 11.6. The number of rotatable bonds is 4. The lowest BCUT2D eigenvalue weighted by Crippen LogP contribution is -2.33. The van der Waals surface area contributed by atoms with E-state index >= 15 is 0 Å². The van der Waals surface area contributed by atoms with E-state index in [1.807, 2.05) is 41.3 Å². The molecule has 2 atom stereocenters. The van der Waals surface area contributed by atoms with Gasteiger partial charge in [-0.2, -0.15) is 0 Å². The molecule has 1 heterocycles. The fraction of sp³-hybridized carbons (Fsp3) is 0.350. The number of hydrogen-bond acceptors (Lipinski definition) is 3. The lowest BCUT2D eigenvalue weighted by atomic mass is 9.97. The summed E-state index contributed by atoms with van der Waals surface area (Å²) in [6.07, 6.45) is 0.985. The molecular weight excluding hydrogens is 300 g/mol. The second-order valence-electron chi connectivity index (χ2n) is 6.41. The molecule has 0 bridgehead atoms. The Hall–Kier alpha value is -2.33. The van der Waals surface area contributed by atoms with Crippen LogP contribution in [0, 0.1) is 0 Å². The normalized spacial score (nSPS) is 20.2. The van der Waals surface area contributed by atoms with Gasteiger partial charge < -0.3 is 15.4 Å². The van der Waals surface area contributed by atoms with Gasteiger partial charge in [-0.3, -0.25) is 4.79 Å². The molecule has 4 nitrogen and oxygen atoms in total. The van der Waals surface area contributed by atoms with Gasteiger partial charge in [-0.25, -0.2) is 0 Å². The highest BCUT2D eigenvalue weighted by atomic mass is 16.5. The van der Waals surface area contributed by atoms with Crippen molar-refractivity contribution in [3.05, 3.63) is 65.2 Å². The number of ether oxygens (including phenoxy) is 1. The van der Waals surface area contributed by atoms with Gasteiger partial charge >= 0.3 is 0 Å². The predicted molar refractivity (Wildman–Crippen MR) is 95.2 cm³/mol. The summed E-state index contributed by atoms with van der Waals surface area (Å²) < 4.78 is 5.22. The molecule has 0 aliphatic carbocycles. The third-order valence-electron chi connectivity index (χ3n) is 4.86. The third-order valence-corrected chi connectivity index (χ3v) is 4.86. The number of methoxy groups -OCH3 is 1. The Labute approximate surface area is 143 Å². The zero-order valence-corrected chi connectivity index (χ0v) is 14.2. The molecule has 2 aromatic carbocycles. The molecule has 1 aliphatic rings. The first kappa shape index (κ1) is 16.5. The van der Waals surface area contributed by atoms with Gasteiger partial charge in [0.15, 0.2) is 0 Å². The van der Waals surface area contributed by atoms with Gasteiger partial charge in [0.1, 0.15) is 5.75 Å². The van der Waals surface area contributed by atoms with Gasteiger partial charge in [0, 0.05) is 30.6 Å². The van der Waals surface area contributed by atoms with Crippen molar-refractivity contribution in [3.63, 3.8) is 0 Å². The van der Waals surface area contributed by atoms with E-state index in [0.29, 0.717) is 12.5 Å². The lowest BCUT2D eigenvalue weighted by molar-refractivity contribution is 0.0746. The highest BCUT2D eigenvalue weighted by Gasteiger charge is 2.33. The lowest BCUT2D eigenvalue weighted by Gasteiger charge is -2.21. The van der Waals surface area contributed by atoms with Crippen LogP contribution in [0.3, 0.4) is 0 Å². The summed E-state index contributed by atoms with van der Waals surface area (Å²) in [5.41, 5.74) is 8.65. The van der Waals surface area contributed by atoms with E-state index in [-0.39, 0.29) is 11.9 Å². The van der Waals surface area contributed by atoms with Gasteiger partial charge in [-0.05, 0) is 48.7 Å². The number of likely N-dealkylation sites (tertiary alicyclic amines) is 1. The summed E-state index contributed by atoms with van der Waals surface area (Å²) in [6.45, 7) is 3.37. The van der Waals surface area contributed by atoms with Crippen LogP contribution in [0.1, 0.15) is 40.7 Å². The molecule has 1 fully saturated rings. The van der Waals surface area contributed by atoms with Crippen LogP contribution in [-0.2, 0) is 6.54 Å². The smallest absolute Gasteiger partial charge is 0.254 e. The second-order valence-corrected chi connectivity index (χ2v) is 6.41. The van der Waals surface area contributed by atoms with Gasteiger partial charge in [-0.1, -0.05) is 24.3 Å². The Morgan fingerprint density at radius 2 is 1.83 bits per heavy atom. The van der Waals surface area contributed by atoms with Gasteiger partial charge in [0.2, 0.25) is 0 Å². The summed E-state index contributed by atoms with van der Waals surface area (Å²) >= 11 is 0. The van der Waals surface area contributed by atoms with Crippen LogP contribution in [0.5, 0.6) is 5.75 Å². The predicted octanol–water partition coefficient (Wildman–Crippen LogP) is 3.17. The maximum absolute atomic E-state index is 12.8. The van der Waals surface area contributed by atoms with E-state index in [2.05, 4.69) is 19.1 Å². The maximum Gasteiger partial charge on any atom is 0.254 e. The number of amides is 1. The topological polar surface area (TPSA) is 55.6 Å². The highest BCUT2D eigenvalue weighted by molar-refractivity contribution is 5.94. The van der Waals surface area contributed by atoms with Crippen LogP contribution in [-0.4, -0.2) is 30.5 Å². The number of hydrogen-bond donors (Lipinski definition) is 1. The van der Waals surface area contributed by atoms with Gasteiger partial charge in [0.25, 0.3) is 5.91 Å². The van der Waals surface area contributed by atoms with Crippen molar-refractivity contribution < 1.29 is 9.53 Å². The minimum atomic E-state index is 0.0992. The van der Waals surface area contributed by atoms with E-state index in [4.69, 9.17) is 10.5 Å². The molecule has 0 unspecified atom stereocenters. The molecule has 2 aromatic rings. The first-order valence-electron chi connectivity index (χ1n) is 8.36. The van der Waals surface area contributed by atoms with Crippen LogP contribution in [0.2, 0.25) is 0 Å². The summed E-state index contributed by atoms with van der Waals surface area (Å²) in [5.74, 6) is 1.33. The molecule has 126 valence electrons. The molecule has 1 amide bonds. The van der Waals surface area contributed by atoms with E-state index in [1.165, 1.54) is 5.56 Å². The molecule has 0 saturated carbocycles. The largest absolute Gasteiger partial charge is 0.497 e. The SMILES string of the molecule is COc1ccc([C@@H]2C[C@@H](C)N(C(=O)c3ccc(CN)cc3)C2)cc1. The standard InChI is InChI=1S/C20H24N2O2/c1-14-11-18(16-7-9-19(24-2)10-8-16)13-22(14)20(23)17-5-3-15(12-21)4-6-17/h3-10,14,18H,11-13,21H2,1-2H3/t14-,18-/m1/s1. The van der Waals surface area contributed by atoms with Crippen LogP contribution in [0.4, 0.5) is 0 Å². The third kappa shape index (κ3) is 3.29. The minimum absolute atomic E-state index is 0.0992. The molecule has 1 saturated heterocycles. The van der Waals surface area contributed by atoms with Crippen LogP contribution < -0.4 is 10.5 Å². The summed E-state index contributed by atoms with van der Waals surface area (Å²) in [7, 11) is 1.67. The molecule has 1 aliphatic heterocycles. The van der Waals surface area contributed by atoms with Crippen molar-refractivity contribution in [3.8, 4) is 5.75 Å². The summed E-state index contributed by atoms with van der Waals surface area (Å²) in [4.78, 5) is 14.8. The Kier molecular flexibility index (Phi) is 4.86. The Bertz CT molecular complexity index is 695. The molecule has 0 aromatic heterocycles. The quantitative estimate of drug-likeness (QED) is 0.940. The van der Waals surface area contributed by atoms with Gasteiger partial charge in [-0.15, -0.1) is 0 Å².